The molecule has 25 heavy (non-hydrogen) atoms. The highest BCUT2D eigenvalue weighted by Crippen LogP contribution is 2.08. The molecule has 0 saturated heterocycles. The van der Waals surface area contributed by atoms with E-state index in [1.165, 1.54) is 0 Å². The van der Waals surface area contributed by atoms with Gasteiger partial charge in [-0.05, 0) is 23.8 Å². The van der Waals surface area contributed by atoms with E-state index >= 15 is 0 Å². The standard InChI is InChI=1S/C19H28N2O4/c1-12(2)16(18(23)21-17(13(3)4)19(24)25)20-15(22)11-10-14-8-6-5-7-9-14/h5-9,12-13,16-17H,10-11H2,1-4H3,(H,20,22)(H,21,23)(H,24,25)/t16-,17-/m0/s1. The number of hydrogen-bond acceptors (Lipinski definition) is 3. The fourth-order valence-electron chi connectivity index (χ4n) is 2.44. The van der Waals surface area contributed by atoms with Crippen molar-refractivity contribution < 1.29 is 19.5 Å². The van der Waals surface area contributed by atoms with Gasteiger partial charge in [0.25, 0.3) is 0 Å². The number of rotatable bonds is 9. The highest BCUT2D eigenvalue weighted by Gasteiger charge is 2.29. The number of carbonyl (C=O) groups is 3. The van der Waals surface area contributed by atoms with Crippen molar-refractivity contribution in [2.75, 3.05) is 0 Å². The zero-order valence-electron chi connectivity index (χ0n) is 15.3. The average molecular weight is 348 g/mol. The summed E-state index contributed by atoms with van der Waals surface area (Å²) in [6.45, 7) is 7.07. The third-order valence-electron chi connectivity index (χ3n) is 3.98. The lowest BCUT2D eigenvalue weighted by molar-refractivity contribution is -0.143. The van der Waals surface area contributed by atoms with Gasteiger partial charge in [0.05, 0.1) is 0 Å². The number of amides is 2. The molecule has 138 valence electrons. The van der Waals surface area contributed by atoms with Crippen molar-refractivity contribution in [2.24, 2.45) is 11.8 Å². The molecule has 0 aromatic heterocycles. The maximum Gasteiger partial charge on any atom is 0.326 e. The Morgan fingerprint density at radius 1 is 0.920 bits per heavy atom. The summed E-state index contributed by atoms with van der Waals surface area (Å²) in [5, 5.41) is 14.5. The normalized spacial score (nSPS) is 13.4. The second-order valence-electron chi connectivity index (χ2n) is 6.84. The molecule has 2 amide bonds. The topological polar surface area (TPSA) is 95.5 Å². The van der Waals surface area contributed by atoms with E-state index in [-0.39, 0.29) is 24.2 Å². The summed E-state index contributed by atoms with van der Waals surface area (Å²) in [6.07, 6.45) is 0.857. The molecule has 3 N–H and O–H groups in total. The van der Waals surface area contributed by atoms with Crippen LogP contribution in [-0.2, 0) is 20.8 Å². The van der Waals surface area contributed by atoms with Crippen LogP contribution in [0.5, 0.6) is 0 Å². The second kappa shape index (κ2) is 9.81. The van der Waals surface area contributed by atoms with Gasteiger partial charge < -0.3 is 15.7 Å². The Labute approximate surface area is 149 Å². The van der Waals surface area contributed by atoms with E-state index in [0.29, 0.717) is 6.42 Å². The third-order valence-corrected chi connectivity index (χ3v) is 3.98. The Morgan fingerprint density at radius 2 is 1.48 bits per heavy atom. The molecule has 2 atom stereocenters. The van der Waals surface area contributed by atoms with Gasteiger partial charge >= 0.3 is 5.97 Å². The molecule has 6 heteroatoms. The smallest absolute Gasteiger partial charge is 0.326 e. The molecule has 0 bridgehead atoms. The van der Waals surface area contributed by atoms with Gasteiger partial charge in [0.1, 0.15) is 12.1 Å². The predicted molar refractivity (Wildman–Crippen MR) is 95.9 cm³/mol. The van der Waals surface area contributed by atoms with E-state index in [2.05, 4.69) is 10.6 Å². The second-order valence-corrected chi connectivity index (χ2v) is 6.84. The SMILES string of the molecule is CC(C)[C@H](NC(=O)[C@@H](NC(=O)CCc1ccccc1)C(C)C)C(=O)O. The zero-order chi connectivity index (χ0) is 19.0. The summed E-state index contributed by atoms with van der Waals surface area (Å²) in [7, 11) is 0. The molecule has 0 aliphatic heterocycles. The van der Waals surface area contributed by atoms with Crippen molar-refractivity contribution in [3.05, 3.63) is 35.9 Å². The van der Waals surface area contributed by atoms with Crippen LogP contribution in [0.1, 0.15) is 39.7 Å². The molecule has 1 aromatic rings. The fraction of sp³-hybridized carbons (Fsp3) is 0.526. The van der Waals surface area contributed by atoms with Crippen LogP contribution in [0, 0.1) is 11.8 Å². The molecule has 0 radical (unpaired) electrons. The van der Waals surface area contributed by atoms with E-state index in [4.69, 9.17) is 0 Å². The summed E-state index contributed by atoms with van der Waals surface area (Å²) in [5.74, 6) is -2.18. The molecule has 0 aliphatic carbocycles. The molecule has 0 spiro atoms. The van der Waals surface area contributed by atoms with Crippen LogP contribution in [0.3, 0.4) is 0 Å². The number of nitrogens with one attached hydrogen (secondary N) is 2. The Kier molecular flexibility index (Phi) is 8.11. The minimum absolute atomic E-state index is 0.151. The summed E-state index contributed by atoms with van der Waals surface area (Å²) in [6, 6.07) is 7.89. The lowest BCUT2D eigenvalue weighted by atomic mass is 10.00. The highest BCUT2D eigenvalue weighted by atomic mass is 16.4. The Hall–Kier alpha value is -2.37. The van der Waals surface area contributed by atoms with Crippen molar-refractivity contribution in [1.29, 1.82) is 0 Å². The van der Waals surface area contributed by atoms with Gasteiger partial charge in [-0.2, -0.15) is 0 Å². The van der Waals surface area contributed by atoms with E-state index in [0.717, 1.165) is 5.56 Å². The molecule has 1 aromatic carbocycles. The quantitative estimate of drug-likeness (QED) is 0.636. The summed E-state index contributed by atoms with van der Waals surface area (Å²) in [4.78, 5) is 35.9. The van der Waals surface area contributed by atoms with E-state index in [1.54, 1.807) is 13.8 Å². The number of aryl methyl sites for hydroxylation is 1. The largest absolute Gasteiger partial charge is 0.480 e. The number of hydrogen-bond donors (Lipinski definition) is 3. The van der Waals surface area contributed by atoms with Gasteiger partial charge in [-0.1, -0.05) is 58.0 Å². The number of benzene rings is 1. The number of aliphatic carboxylic acids is 1. The fourth-order valence-corrected chi connectivity index (χ4v) is 2.44. The van der Waals surface area contributed by atoms with Crippen LogP contribution in [0.2, 0.25) is 0 Å². The van der Waals surface area contributed by atoms with Crippen LogP contribution in [0.4, 0.5) is 0 Å². The zero-order valence-corrected chi connectivity index (χ0v) is 15.3. The minimum Gasteiger partial charge on any atom is -0.480 e. The highest BCUT2D eigenvalue weighted by molar-refractivity contribution is 5.90. The first kappa shape index (κ1) is 20.7. The maximum absolute atomic E-state index is 12.4. The van der Waals surface area contributed by atoms with Crippen LogP contribution in [-0.4, -0.2) is 35.0 Å². The lowest BCUT2D eigenvalue weighted by Gasteiger charge is -2.25. The first-order valence-corrected chi connectivity index (χ1v) is 8.58. The Morgan fingerprint density at radius 3 is 1.96 bits per heavy atom. The Bertz CT molecular complexity index is 584. The molecular weight excluding hydrogens is 320 g/mol. The van der Waals surface area contributed by atoms with Crippen LogP contribution in [0.15, 0.2) is 30.3 Å². The molecular formula is C19H28N2O4. The summed E-state index contributed by atoms with van der Waals surface area (Å²) < 4.78 is 0. The molecule has 0 unspecified atom stereocenters. The van der Waals surface area contributed by atoms with Crippen molar-refractivity contribution in [3.63, 3.8) is 0 Å². The predicted octanol–water partition coefficient (Wildman–Crippen LogP) is 1.99. The number of carboxylic acid groups (broad SMARTS) is 1. The lowest BCUT2D eigenvalue weighted by Crippen LogP contribution is -2.55. The van der Waals surface area contributed by atoms with Crippen molar-refractivity contribution >= 4 is 17.8 Å². The van der Waals surface area contributed by atoms with Gasteiger partial charge in [0.15, 0.2) is 0 Å². The molecule has 6 nitrogen and oxygen atoms in total. The first-order chi connectivity index (χ1) is 11.7. The molecule has 0 saturated carbocycles. The van der Waals surface area contributed by atoms with E-state index in [1.807, 2.05) is 44.2 Å². The third kappa shape index (κ3) is 6.95. The number of carbonyl (C=O) groups excluding carboxylic acids is 2. The van der Waals surface area contributed by atoms with Crippen LogP contribution >= 0.6 is 0 Å². The van der Waals surface area contributed by atoms with Gasteiger partial charge in [0, 0.05) is 6.42 Å². The monoisotopic (exact) mass is 348 g/mol. The van der Waals surface area contributed by atoms with E-state index in [9.17, 15) is 19.5 Å². The molecule has 0 aliphatic rings. The van der Waals surface area contributed by atoms with Gasteiger partial charge in [-0.25, -0.2) is 4.79 Å². The summed E-state index contributed by atoms with van der Waals surface area (Å²) in [5.41, 5.74) is 1.05. The van der Waals surface area contributed by atoms with Gasteiger partial charge in [0.2, 0.25) is 11.8 Å². The van der Waals surface area contributed by atoms with Crippen LogP contribution in [0.25, 0.3) is 0 Å². The van der Waals surface area contributed by atoms with Crippen molar-refractivity contribution in [1.82, 2.24) is 10.6 Å². The maximum atomic E-state index is 12.4. The summed E-state index contributed by atoms with van der Waals surface area (Å²) >= 11 is 0. The minimum atomic E-state index is -1.08. The van der Waals surface area contributed by atoms with Crippen molar-refractivity contribution in [3.8, 4) is 0 Å². The molecule has 1 rings (SSSR count). The van der Waals surface area contributed by atoms with Crippen LogP contribution < -0.4 is 10.6 Å². The van der Waals surface area contributed by atoms with E-state index < -0.39 is 24.0 Å². The number of carboxylic acids is 1. The first-order valence-electron chi connectivity index (χ1n) is 8.58. The average Bonchev–Trinajstić information content (AvgIpc) is 2.55. The molecule has 0 heterocycles. The van der Waals surface area contributed by atoms with Crippen molar-refractivity contribution in [2.45, 2.75) is 52.6 Å². The van der Waals surface area contributed by atoms with Gasteiger partial charge in [-0.15, -0.1) is 0 Å². The van der Waals surface area contributed by atoms with Gasteiger partial charge in [-0.3, -0.25) is 9.59 Å². The Balaban J connectivity index is 2.64. The molecule has 0 fully saturated rings.